The molecule has 4 nitrogen and oxygen atoms in total. The summed E-state index contributed by atoms with van der Waals surface area (Å²) in [4.78, 5) is 8.78. The second-order valence-electron chi connectivity index (χ2n) is 5.92. The van der Waals surface area contributed by atoms with E-state index < -0.39 is 0 Å². The number of nitrogens with zero attached hydrogens (tertiary/aromatic N) is 2. The maximum Gasteiger partial charge on any atom is 0.190 e. The lowest BCUT2D eigenvalue weighted by Gasteiger charge is -2.12. The lowest BCUT2D eigenvalue weighted by Crippen LogP contribution is -2.39. The Bertz CT molecular complexity index is 854. The van der Waals surface area contributed by atoms with E-state index in [2.05, 4.69) is 68.5 Å². The van der Waals surface area contributed by atoms with Crippen molar-refractivity contribution in [3.05, 3.63) is 64.1 Å². The van der Waals surface area contributed by atoms with Crippen LogP contribution in [-0.2, 0) is 12.8 Å². The Labute approximate surface area is 176 Å². The van der Waals surface area contributed by atoms with E-state index in [-0.39, 0.29) is 24.0 Å². The minimum absolute atomic E-state index is 0. The molecule has 0 spiro atoms. The molecule has 0 aliphatic carbocycles. The summed E-state index contributed by atoms with van der Waals surface area (Å²) < 4.78 is 0. The Balaban J connectivity index is 0.00000243. The van der Waals surface area contributed by atoms with Gasteiger partial charge in [-0.1, -0.05) is 42.5 Å². The van der Waals surface area contributed by atoms with Crippen molar-refractivity contribution in [2.75, 3.05) is 20.1 Å². The molecular formula is C20H25IN4S. The van der Waals surface area contributed by atoms with Crippen molar-refractivity contribution in [2.24, 2.45) is 4.99 Å². The molecule has 0 bridgehead atoms. The number of hydrogen-bond acceptors (Lipinski definition) is 3. The van der Waals surface area contributed by atoms with E-state index in [1.165, 1.54) is 16.3 Å². The largest absolute Gasteiger partial charge is 0.356 e. The number of aromatic nitrogens is 1. The van der Waals surface area contributed by atoms with Gasteiger partial charge in [0.15, 0.2) is 5.96 Å². The van der Waals surface area contributed by atoms with Gasteiger partial charge in [0, 0.05) is 31.9 Å². The van der Waals surface area contributed by atoms with E-state index in [1.807, 2.05) is 6.92 Å². The van der Waals surface area contributed by atoms with E-state index in [9.17, 15) is 0 Å². The number of benzene rings is 2. The third-order valence-corrected chi connectivity index (χ3v) is 4.95. The van der Waals surface area contributed by atoms with E-state index in [0.717, 1.165) is 42.6 Å². The van der Waals surface area contributed by atoms with Crippen LogP contribution in [0.25, 0.3) is 10.8 Å². The highest BCUT2D eigenvalue weighted by atomic mass is 127. The molecule has 0 aliphatic rings. The summed E-state index contributed by atoms with van der Waals surface area (Å²) in [6, 6.07) is 15.0. The number of aryl methyl sites for hydroxylation is 1. The zero-order chi connectivity index (χ0) is 17.5. The minimum Gasteiger partial charge on any atom is -0.356 e. The molecule has 0 saturated heterocycles. The zero-order valence-electron chi connectivity index (χ0n) is 15.2. The van der Waals surface area contributed by atoms with Crippen LogP contribution in [0.15, 0.2) is 52.8 Å². The highest BCUT2D eigenvalue weighted by molar-refractivity contribution is 14.0. The molecule has 0 atom stereocenters. The van der Waals surface area contributed by atoms with E-state index >= 15 is 0 Å². The number of rotatable bonds is 6. The van der Waals surface area contributed by atoms with Gasteiger partial charge < -0.3 is 10.6 Å². The number of nitrogens with one attached hydrogen (secondary N) is 2. The van der Waals surface area contributed by atoms with E-state index in [1.54, 1.807) is 18.4 Å². The van der Waals surface area contributed by atoms with Crippen LogP contribution >= 0.6 is 35.3 Å². The Hall–Kier alpha value is -1.67. The van der Waals surface area contributed by atoms with Crippen molar-refractivity contribution in [1.29, 1.82) is 0 Å². The quantitative estimate of drug-likeness (QED) is 0.316. The third-order valence-electron chi connectivity index (χ3n) is 4.13. The van der Waals surface area contributed by atoms with Gasteiger partial charge in [0.05, 0.1) is 10.7 Å². The smallest absolute Gasteiger partial charge is 0.190 e. The predicted molar refractivity (Wildman–Crippen MR) is 123 cm³/mol. The second kappa shape index (κ2) is 10.5. The molecule has 1 heterocycles. The van der Waals surface area contributed by atoms with Gasteiger partial charge in [0.2, 0.25) is 0 Å². The molecule has 0 radical (unpaired) electrons. The minimum atomic E-state index is 0. The Morgan fingerprint density at radius 1 is 1.04 bits per heavy atom. The van der Waals surface area contributed by atoms with Gasteiger partial charge in [-0.2, -0.15) is 0 Å². The average molecular weight is 480 g/mol. The molecular weight excluding hydrogens is 455 g/mol. The summed E-state index contributed by atoms with van der Waals surface area (Å²) in [6.07, 6.45) is 1.88. The lowest BCUT2D eigenvalue weighted by molar-refractivity contribution is 0.779. The number of fused-ring (bicyclic) bond motifs is 1. The Kier molecular flexibility index (Phi) is 8.31. The van der Waals surface area contributed by atoms with Crippen LogP contribution in [0.5, 0.6) is 0 Å². The summed E-state index contributed by atoms with van der Waals surface area (Å²) in [5.74, 6) is 0.840. The number of guanidine groups is 1. The molecule has 138 valence electrons. The first-order valence-electron chi connectivity index (χ1n) is 8.58. The summed E-state index contributed by atoms with van der Waals surface area (Å²) in [5, 5.41) is 12.6. The molecule has 0 saturated carbocycles. The molecule has 26 heavy (non-hydrogen) atoms. The summed E-state index contributed by atoms with van der Waals surface area (Å²) >= 11 is 1.70. The van der Waals surface area contributed by atoms with Crippen molar-refractivity contribution < 1.29 is 0 Å². The van der Waals surface area contributed by atoms with Gasteiger partial charge in [-0.3, -0.25) is 4.99 Å². The fourth-order valence-electron chi connectivity index (χ4n) is 2.88. The SMILES string of the molecule is CN=C(NCCc1csc(C)n1)NCCc1cccc2ccccc12.I. The van der Waals surface area contributed by atoms with Gasteiger partial charge in [0.25, 0.3) is 0 Å². The van der Waals surface area contributed by atoms with Crippen LogP contribution in [0, 0.1) is 6.92 Å². The second-order valence-corrected chi connectivity index (χ2v) is 6.98. The molecule has 0 fully saturated rings. The van der Waals surface area contributed by atoms with E-state index in [0.29, 0.717) is 0 Å². The predicted octanol–water partition coefficient (Wildman–Crippen LogP) is 4.17. The zero-order valence-corrected chi connectivity index (χ0v) is 18.3. The fraction of sp³-hybridized carbons (Fsp3) is 0.300. The van der Waals surface area contributed by atoms with Crippen LogP contribution in [-0.4, -0.2) is 31.1 Å². The standard InChI is InChI=1S/C20H24N4S.HI/c1-15-24-18(14-25-15)11-13-23-20(21-2)22-12-10-17-8-5-7-16-6-3-4-9-19(16)17;/h3-9,14H,10-13H2,1-2H3,(H2,21,22,23);1H. The van der Waals surface area contributed by atoms with Crippen molar-refractivity contribution >= 4 is 52.0 Å². The third kappa shape index (κ3) is 5.67. The number of hydrogen-bond donors (Lipinski definition) is 2. The number of thiazole rings is 1. The lowest BCUT2D eigenvalue weighted by atomic mass is 10.0. The van der Waals surface area contributed by atoms with Gasteiger partial charge in [0.1, 0.15) is 0 Å². The van der Waals surface area contributed by atoms with Crippen LogP contribution in [0.1, 0.15) is 16.3 Å². The summed E-state index contributed by atoms with van der Waals surface area (Å²) in [6.45, 7) is 3.72. The van der Waals surface area contributed by atoms with Gasteiger partial charge in [-0.15, -0.1) is 35.3 Å². The monoisotopic (exact) mass is 480 g/mol. The molecule has 0 amide bonds. The molecule has 6 heteroatoms. The molecule has 0 aliphatic heterocycles. The molecule has 2 N–H and O–H groups in total. The Morgan fingerprint density at radius 3 is 2.50 bits per heavy atom. The number of halogens is 1. The van der Waals surface area contributed by atoms with Crippen molar-refractivity contribution in [2.45, 2.75) is 19.8 Å². The first-order valence-corrected chi connectivity index (χ1v) is 9.46. The molecule has 1 aromatic heterocycles. The van der Waals surface area contributed by atoms with Gasteiger partial charge in [-0.25, -0.2) is 4.98 Å². The van der Waals surface area contributed by atoms with Gasteiger partial charge in [-0.05, 0) is 29.7 Å². The normalized spacial score (nSPS) is 11.2. The average Bonchev–Trinajstić information content (AvgIpc) is 3.05. The van der Waals surface area contributed by atoms with Crippen molar-refractivity contribution in [3.63, 3.8) is 0 Å². The van der Waals surface area contributed by atoms with Crippen molar-refractivity contribution in [3.8, 4) is 0 Å². The van der Waals surface area contributed by atoms with Crippen LogP contribution in [0.2, 0.25) is 0 Å². The van der Waals surface area contributed by atoms with Crippen molar-refractivity contribution in [1.82, 2.24) is 15.6 Å². The van der Waals surface area contributed by atoms with E-state index in [4.69, 9.17) is 0 Å². The molecule has 3 aromatic rings. The highest BCUT2D eigenvalue weighted by Crippen LogP contribution is 2.18. The highest BCUT2D eigenvalue weighted by Gasteiger charge is 2.03. The molecule has 2 aromatic carbocycles. The van der Waals surface area contributed by atoms with Crippen LogP contribution < -0.4 is 10.6 Å². The fourth-order valence-corrected chi connectivity index (χ4v) is 3.53. The summed E-state index contributed by atoms with van der Waals surface area (Å²) in [5.41, 5.74) is 2.50. The maximum absolute atomic E-state index is 4.48. The Morgan fingerprint density at radius 2 is 1.77 bits per heavy atom. The topological polar surface area (TPSA) is 49.3 Å². The summed E-state index contributed by atoms with van der Waals surface area (Å²) in [7, 11) is 1.81. The van der Waals surface area contributed by atoms with Gasteiger partial charge >= 0.3 is 0 Å². The molecule has 0 unspecified atom stereocenters. The van der Waals surface area contributed by atoms with Crippen LogP contribution in [0.3, 0.4) is 0 Å². The first-order chi connectivity index (χ1) is 12.3. The number of aliphatic imine (C=N–C) groups is 1. The first kappa shape index (κ1) is 20.6. The maximum atomic E-state index is 4.48. The van der Waals surface area contributed by atoms with Crippen LogP contribution in [0.4, 0.5) is 0 Å². The molecule has 3 rings (SSSR count).